The number of aliphatic hydroxyl groups is 1. The molecule has 0 aliphatic carbocycles. The smallest absolute Gasteiger partial charge is 0.317 e. The van der Waals surface area contributed by atoms with Crippen LogP contribution in [0.5, 0.6) is 0 Å². The van der Waals surface area contributed by atoms with Gasteiger partial charge in [-0.15, -0.1) is 11.6 Å². The summed E-state index contributed by atoms with van der Waals surface area (Å²) in [6, 6.07) is -0.146. The van der Waals surface area contributed by atoms with Gasteiger partial charge in [0.15, 0.2) is 0 Å². The molecule has 0 saturated carbocycles. The number of carbonyl (C=O) groups is 1. The summed E-state index contributed by atoms with van der Waals surface area (Å²) in [6.45, 7) is 4.79. The van der Waals surface area contributed by atoms with E-state index in [0.717, 1.165) is 0 Å². The highest BCUT2D eigenvalue weighted by Gasteiger charge is 2.42. The van der Waals surface area contributed by atoms with Crippen molar-refractivity contribution in [3.8, 4) is 0 Å². The fraction of sp³-hybridized carbons (Fsp3) is 0.889. The lowest BCUT2D eigenvalue weighted by Crippen LogP contribution is -2.52. The van der Waals surface area contributed by atoms with E-state index in [9.17, 15) is 9.90 Å². The Kier molecular flexibility index (Phi) is 3.61. The van der Waals surface area contributed by atoms with Gasteiger partial charge in [0.05, 0.1) is 11.6 Å². The molecule has 1 aliphatic rings. The van der Waals surface area contributed by atoms with E-state index < -0.39 is 11.6 Å². The number of amides is 2. The number of urea groups is 1. The Labute approximate surface area is 89.2 Å². The van der Waals surface area contributed by atoms with Crippen LogP contribution in [0.15, 0.2) is 0 Å². The average molecular weight is 221 g/mol. The molecule has 0 bridgehead atoms. The van der Waals surface area contributed by atoms with Crippen LogP contribution in [0, 0.1) is 0 Å². The van der Waals surface area contributed by atoms with Crippen molar-refractivity contribution in [2.75, 3.05) is 19.0 Å². The fourth-order valence-corrected chi connectivity index (χ4v) is 1.78. The van der Waals surface area contributed by atoms with Gasteiger partial charge in [-0.2, -0.15) is 0 Å². The molecule has 1 atom stereocenters. The monoisotopic (exact) mass is 220 g/mol. The number of likely N-dealkylation sites (tertiary alicyclic amines) is 1. The van der Waals surface area contributed by atoms with Gasteiger partial charge < -0.3 is 15.3 Å². The molecular weight excluding hydrogens is 204 g/mol. The Hall–Kier alpha value is -0.480. The summed E-state index contributed by atoms with van der Waals surface area (Å²) in [6.07, 6.45) is 0.200. The lowest BCUT2D eigenvalue weighted by atomic mass is 9.99. The molecule has 1 aliphatic heterocycles. The van der Waals surface area contributed by atoms with Crippen molar-refractivity contribution < 1.29 is 9.90 Å². The number of rotatable bonds is 2. The van der Waals surface area contributed by atoms with E-state index in [1.165, 1.54) is 0 Å². The first-order valence-corrected chi connectivity index (χ1v) is 5.33. The Morgan fingerprint density at radius 1 is 1.71 bits per heavy atom. The van der Waals surface area contributed by atoms with Crippen LogP contribution >= 0.6 is 11.6 Å². The molecule has 14 heavy (non-hydrogen) atoms. The average Bonchev–Trinajstić information content (AvgIpc) is 2.38. The number of nitrogens with one attached hydrogen (secondary N) is 1. The van der Waals surface area contributed by atoms with Gasteiger partial charge in [0.25, 0.3) is 0 Å². The van der Waals surface area contributed by atoms with Crippen molar-refractivity contribution >= 4 is 17.6 Å². The molecule has 1 fully saturated rings. The largest absolute Gasteiger partial charge is 0.391 e. The topological polar surface area (TPSA) is 52.6 Å². The number of aliphatic hydroxyl groups excluding tert-OH is 1. The van der Waals surface area contributed by atoms with Gasteiger partial charge in [-0.1, -0.05) is 0 Å². The second kappa shape index (κ2) is 4.36. The Morgan fingerprint density at radius 3 is 2.79 bits per heavy atom. The molecule has 1 saturated heterocycles. The summed E-state index contributed by atoms with van der Waals surface area (Å²) in [4.78, 5) is 13.3. The van der Waals surface area contributed by atoms with E-state index in [0.29, 0.717) is 25.4 Å². The van der Waals surface area contributed by atoms with Gasteiger partial charge in [-0.25, -0.2) is 4.79 Å². The summed E-state index contributed by atoms with van der Waals surface area (Å²) >= 11 is 5.47. The highest BCUT2D eigenvalue weighted by Crippen LogP contribution is 2.28. The number of alkyl halides is 1. The number of hydrogen-bond acceptors (Lipinski definition) is 2. The van der Waals surface area contributed by atoms with Gasteiger partial charge in [-0.05, 0) is 20.3 Å². The van der Waals surface area contributed by atoms with Crippen LogP contribution in [0.3, 0.4) is 0 Å². The van der Waals surface area contributed by atoms with Crippen LogP contribution < -0.4 is 5.32 Å². The van der Waals surface area contributed by atoms with Gasteiger partial charge in [0.1, 0.15) is 0 Å². The molecule has 0 aromatic rings. The minimum absolute atomic E-state index is 0.146. The minimum atomic E-state index is -0.476. The zero-order valence-corrected chi connectivity index (χ0v) is 9.34. The molecule has 1 heterocycles. The molecule has 0 spiro atoms. The zero-order chi connectivity index (χ0) is 10.8. The van der Waals surface area contributed by atoms with E-state index in [2.05, 4.69) is 5.32 Å². The normalized spacial score (nSPS) is 25.1. The quantitative estimate of drug-likeness (QED) is 0.676. The molecule has 2 N–H and O–H groups in total. The second-order valence-electron chi connectivity index (χ2n) is 4.03. The van der Waals surface area contributed by atoms with Gasteiger partial charge in [0, 0.05) is 19.0 Å². The number of halogens is 1. The third kappa shape index (κ3) is 2.12. The maximum atomic E-state index is 11.6. The van der Waals surface area contributed by atoms with E-state index in [1.807, 2.05) is 13.8 Å². The van der Waals surface area contributed by atoms with E-state index >= 15 is 0 Å². The Bertz CT molecular complexity index is 221. The second-order valence-corrected chi connectivity index (χ2v) is 4.41. The fourth-order valence-electron chi connectivity index (χ4n) is 1.69. The van der Waals surface area contributed by atoms with Crippen molar-refractivity contribution in [3.63, 3.8) is 0 Å². The predicted octanol–water partition coefficient (Wildman–Crippen LogP) is 0.780. The SMILES string of the molecule is CC1(C)C(O)CCN1C(=O)NCCCl. The molecule has 1 rings (SSSR count). The van der Waals surface area contributed by atoms with E-state index in [-0.39, 0.29) is 6.03 Å². The molecule has 2 amide bonds. The summed E-state index contributed by atoms with van der Waals surface area (Å²) in [5.74, 6) is 0.405. The first-order chi connectivity index (χ1) is 6.50. The zero-order valence-electron chi connectivity index (χ0n) is 8.59. The van der Waals surface area contributed by atoms with Crippen LogP contribution in [0.1, 0.15) is 20.3 Å². The highest BCUT2D eigenvalue weighted by atomic mass is 35.5. The van der Waals surface area contributed by atoms with Crippen molar-refractivity contribution in [1.29, 1.82) is 0 Å². The molecular formula is C9H17ClN2O2. The standard InChI is InChI=1S/C9H17ClN2O2/c1-9(2)7(13)3-6-12(9)8(14)11-5-4-10/h7,13H,3-6H2,1-2H3,(H,11,14). The third-order valence-corrected chi connectivity index (χ3v) is 2.94. The highest BCUT2D eigenvalue weighted by molar-refractivity contribution is 6.18. The van der Waals surface area contributed by atoms with Crippen molar-refractivity contribution in [1.82, 2.24) is 10.2 Å². The van der Waals surface area contributed by atoms with Crippen molar-refractivity contribution in [3.05, 3.63) is 0 Å². The summed E-state index contributed by atoms with van der Waals surface area (Å²) in [5, 5.41) is 12.3. The van der Waals surface area contributed by atoms with Gasteiger partial charge in [-0.3, -0.25) is 0 Å². The minimum Gasteiger partial charge on any atom is -0.391 e. The van der Waals surface area contributed by atoms with Crippen LogP contribution in [-0.2, 0) is 0 Å². The summed E-state index contributed by atoms with van der Waals surface area (Å²) in [7, 11) is 0. The van der Waals surface area contributed by atoms with Gasteiger partial charge >= 0.3 is 6.03 Å². The van der Waals surface area contributed by atoms with Crippen molar-refractivity contribution in [2.24, 2.45) is 0 Å². The number of hydrogen-bond donors (Lipinski definition) is 2. The van der Waals surface area contributed by atoms with Crippen LogP contribution in [0.4, 0.5) is 4.79 Å². The lowest BCUT2D eigenvalue weighted by Gasteiger charge is -2.33. The van der Waals surface area contributed by atoms with Crippen LogP contribution in [0.25, 0.3) is 0 Å². The number of nitrogens with zero attached hydrogens (tertiary/aromatic N) is 1. The Balaban J connectivity index is 2.56. The maximum Gasteiger partial charge on any atom is 0.317 e. The third-order valence-electron chi connectivity index (χ3n) is 2.75. The first-order valence-electron chi connectivity index (χ1n) is 4.79. The molecule has 1 unspecified atom stereocenters. The van der Waals surface area contributed by atoms with E-state index in [4.69, 9.17) is 11.6 Å². The Morgan fingerprint density at radius 2 is 2.36 bits per heavy atom. The van der Waals surface area contributed by atoms with Gasteiger partial charge in [0.2, 0.25) is 0 Å². The predicted molar refractivity (Wildman–Crippen MR) is 55.5 cm³/mol. The summed E-state index contributed by atoms with van der Waals surface area (Å²) < 4.78 is 0. The molecule has 82 valence electrons. The summed E-state index contributed by atoms with van der Waals surface area (Å²) in [5.41, 5.74) is -0.476. The molecule has 4 nitrogen and oxygen atoms in total. The lowest BCUT2D eigenvalue weighted by molar-refractivity contribution is 0.0698. The molecule has 0 aromatic heterocycles. The first kappa shape index (κ1) is 11.6. The number of carbonyl (C=O) groups excluding carboxylic acids is 1. The van der Waals surface area contributed by atoms with Crippen molar-refractivity contribution in [2.45, 2.75) is 31.9 Å². The molecule has 0 aromatic carbocycles. The van der Waals surface area contributed by atoms with Crippen LogP contribution in [-0.4, -0.2) is 46.6 Å². The molecule has 5 heteroatoms. The molecule has 0 radical (unpaired) electrons. The maximum absolute atomic E-state index is 11.6. The van der Waals surface area contributed by atoms with Crippen LogP contribution in [0.2, 0.25) is 0 Å². The van der Waals surface area contributed by atoms with E-state index in [1.54, 1.807) is 4.90 Å².